The standard InChI is InChI=1S/C21H20ClN3O3S/c1-14-4-2-3-5-15(14)10-11-23-19(27)13-29-21-24-18(26)12-20(28)25(21)17-8-6-16(22)7-9-17/h2-9,12,26H,10-11,13H2,1H3,(H,23,27). The van der Waals surface area contributed by atoms with Gasteiger partial charge in [-0.05, 0) is 48.7 Å². The lowest BCUT2D eigenvalue weighted by Gasteiger charge is -2.12. The molecule has 0 bridgehead atoms. The highest BCUT2D eigenvalue weighted by atomic mass is 35.5. The van der Waals surface area contributed by atoms with Gasteiger partial charge in [0.1, 0.15) is 0 Å². The lowest BCUT2D eigenvalue weighted by atomic mass is 10.1. The van der Waals surface area contributed by atoms with Crippen LogP contribution in [0.25, 0.3) is 5.69 Å². The second-order valence-corrected chi connectivity index (χ2v) is 7.74. The maximum atomic E-state index is 12.4. The Hall–Kier alpha value is -2.77. The molecule has 8 heteroatoms. The fraction of sp³-hybridized carbons (Fsp3) is 0.190. The van der Waals surface area contributed by atoms with Crippen molar-refractivity contribution in [3.05, 3.63) is 81.1 Å². The summed E-state index contributed by atoms with van der Waals surface area (Å²) < 4.78 is 1.33. The molecule has 2 aromatic carbocycles. The first kappa shape index (κ1) is 21.0. The number of aromatic hydroxyl groups is 1. The normalized spacial score (nSPS) is 10.7. The van der Waals surface area contributed by atoms with Crippen molar-refractivity contribution in [3.63, 3.8) is 0 Å². The number of thioether (sulfide) groups is 1. The molecule has 0 spiro atoms. The largest absolute Gasteiger partial charge is 0.493 e. The minimum Gasteiger partial charge on any atom is -0.493 e. The Bertz CT molecular complexity index is 1070. The number of halogens is 1. The zero-order chi connectivity index (χ0) is 20.8. The maximum absolute atomic E-state index is 12.4. The zero-order valence-electron chi connectivity index (χ0n) is 15.8. The van der Waals surface area contributed by atoms with E-state index >= 15 is 0 Å². The van der Waals surface area contributed by atoms with Gasteiger partial charge in [-0.25, -0.2) is 0 Å². The molecule has 1 amide bonds. The van der Waals surface area contributed by atoms with Crippen LogP contribution in [0.15, 0.2) is 64.5 Å². The summed E-state index contributed by atoms with van der Waals surface area (Å²) in [6, 6.07) is 15.7. The number of carbonyl (C=O) groups excluding carboxylic acids is 1. The van der Waals surface area contributed by atoms with Gasteiger partial charge in [-0.3, -0.25) is 14.2 Å². The molecule has 2 N–H and O–H groups in total. The van der Waals surface area contributed by atoms with Crippen molar-refractivity contribution in [2.45, 2.75) is 18.5 Å². The van der Waals surface area contributed by atoms with Crippen LogP contribution < -0.4 is 10.9 Å². The Morgan fingerprint density at radius 3 is 2.66 bits per heavy atom. The van der Waals surface area contributed by atoms with Crippen LogP contribution in [-0.2, 0) is 11.2 Å². The highest BCUT2D eigenvalue weighted by Gasteiger charge is 2.13. The van der Waals surface area contributed by atoms with Crippen molar-refractivity contribution in [1.29, 1.82) is 0 Å². The minimum absolute atomic E-state index is 0.0667. The molecule has 0 saturated heterocycles. The highest BCUT2D eigenvalue weighted by molar-refractivity contribution is 7.99. The second-order valence-electron chi connectivity index (χ2n) is 6.36. The number of amides is 1. The predicted molar refractivity (Wildman–Crippen MR) is 115 cm³/mol. The zero-order valence-corrected chi connectivity index (χ0v) is 17.3. The van der Waals surface area contributed by atoms with Crippen molar-refractivity contribution in [2.75, 3.05) is 12.3 Å². The Labute approximate surface area is 177 Å². The number of rotatable bonds is 7. The van der Waals surface area contributed by atoms with Crippen molar-refractivity contribution in [2.24, 2.45) is 0 Å². The van der Waals surface area contributed by atoms with E-state index in [1.807, 2.05) is 31.2 Å². The minimum atomic E-state index is -0.442. The summed E-state index contributed by atoms with van der Waals surface area (Å²) in [4.78, 5) is 28.6. The highest BCUT2D eigenvalue weighted by Crippen LogP contribution is 2.21. The smallest absolute Gasteiger partial charge is 0.262 e. The number of nitrogens with zero attached hydrogens (tertiary/aromatic N) is 2. The van der Waals surface area contributed by atoms with E-state index in [-0.39, 0.29) is 22.7 Å². The number of nitrogens with one attached hydrogen (secondary N) is 1. The Kier molecular flexibility index (Phi) is 6.95. The van der Waals surface area contributed by atoms with E-state index in [2.05, 4.69) is 10.3 Å². The maximum Gasteiger partial charge on any atom is 0.262 e. The molecular weight excluding hydrogens is 410 g/mol. The average Bonchev–Trinajstić information content (AvgIpc) is 2.68. The van der Waals surface area contributed by atoms with Gasteiger partial charge < -0.3 is 10.4 Å². The van der Waals surface area contributed by atoms with Gasteiger partial charge in [-0.15, -0.1) is 0 Å². The molecule has 150 valence electrons. The fourth-order valence-electron chi connectivity index (χ4n) is 2.78. The third-order valence-electron chi connectivity index (χ3n) is 4.27. The van der Waals surface area contributed by atoms with Gasteiger partial charge in [0.15, 0.2) is 5.16 Å². The van der Waals surface area contributed by atoms with Gasteiger partial charge in [-0.1, -0.05) is 47.6 Å². The van der Waals surface area contributed by atoms with Gasteiger partial charge in [0.2, 0.25) is 11.8 Å². The summed E-state index contributed by atoms with van der Waals surface area (Å²) in [5.41, 5.74) is 2.48. The quantitative estimate of drug-likeness (QED) is 0.444. The van der Waals surface area contributed by atoms with Gasteiger partial charge in [-0.2, -0.15) is 4.98 Å². The van der Waals surface area contributed by atoms with Crippen LogP contribution in [-0.4, -0.2) is 32.9 Å². The van der Waals surface area contributed by atoms with Crippen molar-refractivity contribution in [1.82, 2.24) is 14.9 Å². The average molecular weight is 430 g/mol. The summed E-state index contributed by atoms with van der Waals surface area (Å²) in [6.45, 7) is 2.55. The van der Waals surface area contributed by atoms with Crippen LogP contribution in [0.1, 0.15) is 11.1 Å². The second kappa shape index (κ2) is 9.62. The Morgan fingerprint density at radius 1 is 1.21 bits per heavy atom. The van der Waals surface area contributed by atoms with E-state index in [9.17, 15) is 14.7 Å². The van der Waals surface area contributed by atoms with Gasteiger partial charge in [0, 0.05) is 11.6 Å². The topological polar surface area (TPSA) is 84.2 Å². The predicted octanol–water partition coefficient (Wildman–Crippen LogP) is 3.35. The van der Waals surface area contributed by atoms with Gasteiger partial charge in [0.05, 0.1) is 17.5 Å². The molecule has 6 nitrogen and oxygen atoms in total. The number of aromatic nitrogens is 2. The van der Waals surface area contributed by atoms with Crippen LogP contribution in [0.4, 0.5) is 0 Å². The first-order valence-corrected chi connectivity index (χ1v) is 10.3. The van der Waals surface area contributed by atoms with Crippen molar-refractivity contribution < 1.29 is 9.90 Å². The van der Waals surface area contributed by atoms with Gasteiger partial charge >= 0.3 is 0 Å². The van der Waals surface area contributed by atoms with Crippen LogP contribution >= 0.6 is 23.4 Å². The fourth-order valence-corrected chi connectivity index (χ4v) is 3.75. The first-order valence-electron chi connectivity index (χ1n) is 8.97. The molecular formula is C21H20ClN3O3S. The molecule has 0 saturated carbocycles. The van der Waals surface area contributed by atoms with E-state index < -0.39 is 5.56 Å². The third-order valence-corrected chi connectivity index (χ3v) is 5.46. The number of carbonyl (C=O) groups is 1. The Morgan fingerprint density at radius 2 is 1.93 bits per heavy atom. The molecule has 29 heavy (non-hydrogen) atoms. The number of hydrogen-bond donors (Lipinski definition) is 2. The van der Waals surface area contributed by atoms with Crippen LogP contribution in [0.5, 0.6) is 5.88 Å². The molecule has 0 aliphatic heterocycles. The third kappa shape index (κ3) is 5.62. The number of aryl methyl sites for hydroxylation is 1. The van der Waals surface area contributed by atoms with Crippen LogP contribution in [0.3, 0.4) is 0 Å². The van der Waals surface area contributed by atoms with E-state index in [1.165, 1.54) is 15.7 Å². The summed E-state index contributed by atoms with van der Waals surface area (Å²) in [5, 5.41) is 13.3. The molecule has 3 rings (SSSR count). The summed E-state index contributed by atoms with van der Waals surface area (Å²) in [7, 11) is 0. The molecule has 0 fully saturated rings. The molecule has 1 heterocycles. The summed E-state index contributed by atoms with van der Waals surface area (Å²) in [6.07, 6.45) is 0.739. The van der Waals surface area contributed by atoms with Crippen molar-refractivity contribution >= 4 is 29.3 Å². The lowest BCUT2D eigenvalue weighted by molar-refractivity contribution is -0.118. The van der Waals surface area contributed by atoms with Crippen molar-refractivity contribution in [3.8, 4) is 11.6 Å². The summed E-state index contributed by atoms with van der Waals surface area (Å²) >= 11 is 6.99. The van der Waals surface area contributed by atoms with Gasteiger partial charge in [0.25, 0.3) is 5.56 Å². The first-order chi connectivity index (χ1) is 13.9. The Balaban J connectivity index is 1.65. The molecule has 3 aromatic rings. The molecule has 0 radical (unpaired) electrons. The monoisotopic (exact) mass is 429 g/mol. The lowest BCUT2D eigenvalue weighted by Crippen LogP contribution is -2.28. The molecule has 0 aliphatic rings. The van der Waals surface area contributed by atoms with E-state index in [0.29, 0.717) is 17.3 Å². The number of hydrogen-bond acceptors (Lipinski definition) is 5. The molecule has 0 unspecified atom stereocenters. The molecule has 0 aliphatic carbocycles. The van der Waals surface area contributed by atoms with E-state index in [1.54, 1.807) is 24.3 Å². The molecule has 1 aromatic heterocycles. The van der Waals surface area contributed by atoms with Crippen LogP contribution in [0, 0.1) is 6.92 Å². The number of benzene rings is 2. The van der Waals surface area contributed by atoms with E-state index in [0.717, 1.165) is 24.2 Å². The SMILES string of the molecule is Cc1ccccc1CCNC(=O)CSc1nc(O)cc(=O)n1-c1ccc(Cl)cc1. The van der Waals surface area contributed by atoms with Crippen LogP contribution in [0.2, 0.25) is 5.02 Å². The molecule has 0 atom stereocenters. The summed E-state index contributed by atoms with van der Waals surface area (Å²) in [5.74, 6) is -0.497. The van der Waals surface area contributed by atoms with E-state index in [4.69, 9.17) is 11.6 Å².